The Balaban J connectivity index is 2.02. The molecule has 0 aliphatic rings. The van der Waals surface area contributed by atoms with Gasteiger partial charge in [-0.25, -0.2) is 0 Å². The summed E-state index contributed by atoms with van der Waals surface area (Å²) in [6.45, 7) is 3.55. The number of hydrogen-bond donors (Lipinski definition) is 1. The Morgan fingerprint density at radius 1 is 1.13 bits per heavy atom. The van der Waals surface area contributed by atoms with Crippen LogP contribution in [0, 0.1) is 35.3 Å². The molecule has 1 heterocycles. The number of aryl methyl sites for hydroxylation is 2. The van der Waals surface area contributed by atoms with Crippen molar-refractivity contribution >= 4 is 5.69 Å². The van der Waals surface area contributed by atoms with Gasteiger partial charge < -0.3 is 14.5 Å². The van der Waals surface area contributed by atoms with Crippen LogP contribution in [-0.4, -0.2) is 17.0 Å². The number of aromatic nitrogens is 1. The van der Waals surface area contributed by atoms with Crippen LogP contribution in [0.15, 0.2) is 47.3 Å². The number of rotatable bonds is 6. The van der Waals surface area contributed by atoms with Gasteiger partial charge in [0.25, 0.3) is 5.56 Å². The van der Waals surface area contributed by atoms with Crippen molar-refractivity contribution in [3.05, 3.63) is 85.3 Å². The third-order valence-electron chi connectivity index (χ3n) is 4.57. The zero-order valence-electron chi connectivity index (χ0n) is 16.7. The van der Waals surface area contributed by atoms with E-state index < -0.39 is 10.5 Å². The second kappa shape index (κ2) is 8.49. The molecular formula is C22H19N3O5. The summed E-state index contributed by atoms with van der Waals surface area (Å²) >= 11 is 0. The molecule has 2 aromatic carbocycles. The van der Waals surface area contributed by atoms with Gasteiger partial charge in [-0.15, -0.1) is 0 Å². The normalized spacial score (nSPS) is 10.3. The fourth-order valence-electron chi connectivity index (χ4n) is 3.13. The molecule has 0 spiro atoms. The minimum Gasteiger partial charge on any atom is -0.496 e. The molecule has 8 heteroatoms. The van der Waals surface area contributed by atoms with Crippen molar-refractivity contribution in [2.24, 2.45) is 0 Å². The predicted octanol–water partition coefficient (Wildman–Crippen LogP) is 4.03. The number of nitriles is 1. The molecule has 0 saturated carbocycles. The quantitative estimate of drug-likeness (QED) is 0.489. The highest BCUT2D eigenvalue weighted by molar-refractivity contribution is 5.71. The molecule has 3 rings (SSSR count). The fourth-order valence-corrected chi connectivity index (χ4v) is 3.13. The lowest BCUT2D eigenvalue weighted by Gasteiger charge is -2.13. The van der Waals surface area contributed by atoms with Gasteiger partial charge in [0.1, 0.15) is 24.0 Å². The summed E-state index contributed by atoms with van der Waals surface area (Å²) < 4.78 is 11.1. The molecule has 0 unspecified atom stereocenters. The molecule has 0 radical (unpaired) electrons. The van der Waals surface area contributed by atoms with Gasteiger partial charge in [-0.1, -0.05) is 12.1 Å². The number of aromatic amines is 1. The van der Waals surface area contributed by atoms with E-state index in [0.29, 0.717) is 28.1 Å². The molecule has 0 amide bonds. The minimum atomic E-state index is -0.499. The molecule has 0 saturated heterocycles. The predicted molar refractivity (Wildman–Crippen MR) is 111 cm³/mol. The lowest BCUT2D eigenvalue weighted by molar-refractivity contribution is -0.386. The number of benzene rings is 2. The van der Waals surface area contributed by atoms with E-state index in [0.717, 1.165) is 5.56 Å². The van der Waals surface area contributed by atoms with Crippen molar-refractivity contribution in [3.8, 4) is 28.7 Å². The highest BCUT2D eigenvalue weighted by Gasteiger charge is 2.17. The molecule has 0 bridgehead atoms. The molecule has 3 aromatic rings. The first-order chi connectivity index (χ1) is 14.3. The van der Waals surface area contributed by atoms with Gasteiger partial charge in [-0.05, 0) is 49.2 Å². The van der Waals surface area contributed by atoms with Crippen molar-refractivity contribution in [1.29, 1.82) is 5.26 Å². The first-order valence-electron chi connectivity index (χ1n) is 9.03. The monoisotopic (exact) mass is 405 g/mol. The first kappa shape index (κ1) is 20.6. The van der Waals surface area contributed by atoms with Gasteiger partial charge in [-0.3, -0.25) is 14.9 Å². The molecule has 1 aromatic heterocycles. The van der Waals surface area contributed by atoms with Crippen molar-refractivity contribution in [1.82, 2.24) is 4.98 Å². The van der Waals surface area contributed by atoms with Crippen LogP contribution in [0.3, 0.4) is 0 Å². The van der Waals surface area contributed by atoms with Crippen molar-refractivity contribution in [3.63, 3.8) is 0 Å². The fraction of sp³-hybridized carbons (Fsp3) is 0.182. The first-order valence-corrected chi connectivity index (χ1v) is 9.03. The number of nitro groups is 1. The molecule has 30 heavy (non-hydrogen) atoms. The lowest BCUT2D eigenvalue weighted by Crippen LogP contribution is -2.12. The van der Waals surface area contributed by atoms with Gasteiger partial charge in [0.2, 0.25) is 0 Å². The van der Waals surface area contributed by atoms with Crippen molar-refractivity contribution < 1.29 is 14.4 Å². The second-order valence-electron chi connectivity index (χ2n) is 6.73. The van der Waals surface area contributed by atoms with E-state index in [1.807, 2.05) is 13.0 Å². The van der Waals surface area contributed by atoms with Crippen LogP contribution in [0.4, 0.5) is 5.69 Å². The van der Waals surface area contributed by atoms with E-state index in [1.54, 1.807) is 43.3 Å². The van der Waals surface area contributed by atoms with Crippen molar-refractivity contribution in [2.45, 2.75) is 20.5 Å². The zero-order chi connectivity index (χ0) is 21.8. The average Bonchev–Trinajstić information content (AvgIpc) is 2.71. The standard InChI is InChI=1S/C22H19N3O5/c1-13-4-6-19(25(27)28)21(8-13)30-12-16-10-15(5-7-20(16)29-3)17-9-14(2)24-22(26)18(17)11-23/h4-10H,12H2,1-3H3,(H,24,26). The smallest absolute Gasteiger partial charge is 0.310 e. The number of nitro benzene ring substituents is 1. The molecule has 0 aliphatic carbocycles. The third kappa shape index (κ3) is 4.15. The van der Waals surface area contributed by atoms with Gasteiger partial charge in [0.05, 0.1) is 12.0 Å². The molecule has 0 fully saturated rings. The number of nitrogens with one attached hydrogen (secondary N) is 1. The highest BCUT2D eigenvalue weighted by atomic mass is 16.6. The van der Waals surface area contributed by atoms with Gasteiger partial charge in [0, 0.05) is 22.9 Å². The van der Waals surface area contributed by atoms with Crippen LogP contribution in [0.2, 0.25) is 0 Å². The number of H-pyrrole nitrogens is 1. The number of pyridine rings is 1. The number of hydrogen-bond acceptors (Lipinski definition) is 6. The highest BCUT2D eigenvalue weighted by Crippen LogP contribution is 2.32. The summed E-state index contributed by atoms with van der Waals surface area (Å²) in [5, 5.41) is 20.7. The average molecular weight is 405 g/mol. The van der Waals surface area contributed by atoms with Gasteiger partial charge >= 0.3 is 5.69 Å². The molecular weight excluding hydrogens is 386 g/mol. The van der Waals surface area contributed by atoms with Crippen LogP contribution < -0.4 is 15.0 Å². The molecule has 0 atom stereocenters. The molecule has 1 N–H and O–H groups in total. The number of ether oxygens (including phenoxy) is 2. The van der Waals surface area contributed by atoms with E-state index in [2.05, 4.69) is 4.98 Å². The van der Waals surface area contributed by atoms with Crippen LogP contribution in [-0.2, 0) is 6.61 Å². The maximum Gasteiger partial charge on any atom is 0.310 e. The van der Waals surface area contributed by atoms with E-state index in [9.17, 15) is 20.2 Å². The number of methoxy groups -OCH3 is 1. The topological polar surface area (TPSA) is 118 Å². The Labute approximate surface area is 172 Å². The molecule has 152 valence electrons. The summed E-state index contributed by atoms with van der Waals surface area (Å²) in [7, 11) is 1.51. The summed E-state index contributed by atoms with van der Waals surface area (Å²) in [4.78, 5) is 25.5. The maximum atomic E-state index is 12.1. The summed E-state index contributed by atoms with van der Waals surface area (Å²) in [6, 6.07) is 13.5. The molecule has 0 aliphatic heterocycles. The van der Waals surface area contributed by atoms with E-state index in [4.69, 9.17) is 9.47 Å². The van der Waals surface area contributed by atoms with E-state index in [1.165, 1.54) is 13.2 Å². The van der Waals surface area contributed by atoms with Gasteiger partial charge in [-0.2, -0.15) is 5.26 Å². The zero-order valence-corrected chi connectivity index (χ0v) is 16.7. The number of nitrogens with zero attached hydrogens (tertiary/aromatic N) is 2. The van der Waals surface area contributed by atoms with Crippen LogP contribution in [0.5, 0.6) is 11.5 Å². The van der Waals surface area contributed by atoms with Crippen LogP contribution in [0.25, 0.3) is 11.1 Å². The van der Waals surface area contributed by atoms with E-state index in [-0.39, 0.29) is 23.6 Å². The van der Waals surface area contributed by atoms with Crippen molar-refractivity contribution in [2.75, 3.05) is 7.11 Å². The summed E-state index contributed by atoms with van der Waals surface area (Å²) in [5.41, 5.74) is 2.61. The SMILES string of the molecule is COc1ccc(-c2cc(C)[nH]c(=O)c2C#N)cc1COc1cc(C)ccc1[N+](=O)[O-]. The Kier molecular flexibility index (Phi) is 5.83. The lowest BCUT2D eigenvalue weighted by atomic mass is 9.99. The van der Waals surface area contributed by atoms with Crippen LogP contribution >= 0.6 is 0 Å². The van der Waals surface area contributed by atoms with Gasteiger partial charge in [0.15, 0.2) is 5.75 Å². The maximum absolute atomic E-state index is 12.1. The Morgan fingerprint density at radius 3 is 2.57 bits per heavy atom. The third-order valence-corrected chi connectivity index (χ3v) is 4.57. The van der Waals surface area contributed by atoms with Crippen LogP contribution in [0.1, 0.15) is 22.4 Å². The Bertz CT molecular complexity index is 1220. The molecule has 8 nitrogen and oxygen atoms in total. The summed E-state index contributed by atoms with van der Waals surface area (Å²) in [6.07, 6.45) is 0. The largest absolute Gasteiger partial charge is 0.496 e. The van der Waals surface area contributed by atoms with E-state index >= 15 is 0 Å². The summed E-state index contributed by atoms with van der Waals surface area (Å²) in [5.74, 6) is 0.672. The second-order valence-corrected chi connectivity index (χ2v) is 6.73. The Hall–Kier alpha value is -4.12. The minimum absolute atomic E-state index is 0.00532. The Morgan fingerprint density at radius 2 is 1.90 bits per heavy atom.